The molecule has 0 aromatic carbocycles. The lowest BCUT2D eigenvalue weighted by Gasteiger charge is -2.33. The van der Waals surface area contributed by atoms with E-state index in [4.69, 9.17) is 18.3 Å². The van der Waals surface area contributed by atoms with Gasteiger partial charge in [0.2, 0.25) is 11.0 Å². The van der Waals surface area contributed by atoms with Crippen molar-refractivity contribution < 1.29 is 37.6 Å². The monoisotopic (exact) mass is 426 g/mol. The molecule has 0 spiro atoms. The maximum atomic E-state index is 13.0. The molecule has 28 heavy (non-hydrogen) atoms. The average molecular weight is 426 g/mol. The number of carbonyl (C=O) groups excluding carboxylic acids is 2. The lowest BCUT2D eigenvalue weighted by atomic mass is 9.97. The first-order valence-electron chi connectivity index (χ1n) is 8.26. The maximum absolute atomic E-state index is 13.0. The molecule has 0 aliphatic carbocycles. The third-order valence-electron chi connectivity index (χ3n) is 4.02. The lowest BCUT2D eigenvalue weighted by Crippen LogP contribution is -2.50. The molecule has 10 heteroatoms. The number of ether oxygens (including phenoxy) is 2. The summed E-state index contributed by atoms with van der Waals surface area (Å²) in [6.07, 6.45) is 4.18. The fourth-order valence-electron chi connectivity index (χ4n) is 2.91. The Morgan fingerprint density at radius 1 is 1.36 bits per heavy atom. The Hall–Kier alpha value is -2.30. The van der Waals surface area contributed by atoms with Crippen LogP contribution in [0.15, 0.2) is 56.3 Å². The lowest BCUT2D eigenvalue weighted by molar-refractivity contribution is -0.172. The van der Waals surface area contributed by atoms with E-state index >= 15 is 0 Å². The Balaban J connectivity index is 2.11. The molecule has 2 aromatic rings. The summed E-state index contributed by atoms with van der Waals surface area (Å²) in [5.41, 5.74) is -2.13. The summed E-state index contributed by atoms with van der Waals surface area (Å²) in [5, 5.41) is 9.17. The highest BCUT2D eigenvalue weighted by atomic mass is 32.2. The zero-order valence-corrected chi connectivity index (χ0v) is 16.7. The summed E-state index contributed by atoms with van der Waals surface area (Å²) in [6.45, 7) is 1.59. The van der Waals surface area contributed by atoms with Crippen molar-refractivity contribution in [1.82, 2.24) is 0 Å². The van der Waals surface area contributed by atoms with E-state index in [1.807, 2.05) is 0 Å². The predicted octanol–water partition coefficient (Wildman–Crippen LogP) is 2.85. The zero-order valence-electron chi connectivity index (χ0n) is 15.1. The molecular formula is C18H18O8S2. The number of esters is 2. The van der Waals surface area contributed by atoms with Crippen LogP contribution in [-0.2, 0) is 36.0 Å². The van der Waals surface area contributed by atoms with Gasteiger partial charge in [0, 0.05) is 0 Å². The van der Waals surface area contributed by atoms with Crippen LogP contribution in [0, 0.1) is 0 Å². The number of cyclic esters (lactones) is 1. The Bertz CT molecular complexity index is 856. The molecular weight excluding hydrogens is 408 g/mol. The molecule has 0 saturated heterocycles. The number of aliphatic hydroxyl groups is 1. The summed E-state index contributed by atoms with van der Waals surface area (Å²) in [4.78, 5) is 25.2. The van der Waals surface area contributed by atoms with E-state index < -0.39 is 39.7 Å². The minimum absolute atomic E-state index is 0.00372. The van der Waals surface area contributed by atoms with Crippen molar-refractivity contribution in [2.75, 3.05) is 12.9 Å². The molecule has 3 unspecified atom stereocenters. The number of hydrogen-bond acceptors (Lipinski definition) is 9. The number of furan rings is 2. The zero-order chi connectivity index (χ0) is 20.3. The molecule has 1 aliphatic rings. The van der Waals surface area contributed by atoms with Gasteiger partial charge in [-0.3, -0.25) is 0 Å². The van der Waals surface area contributed by atoms with E-state index in [9.17, 15) is 19.2 Å². The van der Waals surface area contributed by atoms with E-state index in [0.29, 0.717) is 5.76 Å². The Morgan fingerprint density at radius 3 is 2.64 bits per heavy atom. The standard InChI is InChI=1S/C18H18O8S2/c1-3-23-17(21)18(15(28(2)22)12-7-5-9-25-12)14(13(19)16(20)26-18)27-10-11-6-4-8-24-11/h4-9,15,19H,3,10H2,1-2H3. The smallest absolute Gasteiger partial charge is 0.376 e. The molecule has 1 N–H and O–H groups in total. The second-order valence-corrected chi connectivity index (χ2v) is 8.24. The summed E-state index contributed by atoms with van der Waals surface area (Å²) in [6, 6.07) is 6.47. The maximum Gasteiger partial charge on any atom is 0.376 e. The number of carbonyl (C=O) groups is 2. The summed E-state index contributed by atoms with van der Waals surface area (Å²) in [5.74, 6) is -1.86. The van der Waals surface area contributed by atoms with Crippen LogP contribution in [0.1, 0.15) is 23.7 Å². The minimum atomic E-state index is -2.13. The quantitative estimate of drug-likeness (QED) is 0.501. The van der Waals surface area contributed by atoms with E-state index in [0.717, 1.165) is 11.8 Å². The third kappa shape index (κ3) is 3.54. The first kappa shape index (κ1) is 20.4. The van der Waals surface area contributed by atoms with Gasteiger partial charge in [-0.1, -0.05) is 0 Å². The highest BCUT2D eigenvalue weighted by Gasteiger charge is 2.66. The van der Waals surface area contributed by atoms with Gasteiger partial charge in [0.05, 0.1) is 36.0 Å². The molecule has 0 radical (unpaired) electrons. The van der Waals surface area contributed by atoms with Crippen LogP contribution >= 0.6 is 11.8 Å². The van der Waals surface area contributed by atoms with Gasteiger partial charge in [-0.05, 0) is 42.4 Å². The van der Waals surface area contributed by atoms with Crippen molar-refractivity contribution in [3.8, 4) is 0 Å². The van der Waals surface area contributed by atoms with Gasteiger partial charge in [-0.25, -0.2) is 9.59 Å². The molecule has 0 fully saturated rings. The molecule has 3 heterocycles. The highest BCUT2D eigenvalue weighted by Crippen LogP contribution is 2.51. The summed E-state index contributed by atoms with van der Waals surface area (Å²) >= 11 is -0.760. The van der Waals surface area contributed by atoms with Crippen LogP contribution in [0.3, 0.4) is 0 Å². The molecule has 3 atom stereocenters. The van der Waals surface area contributed by atoms with Crippen molar-refractivity contribution in [3.63, 3.8) is 0 Å². The molecule has 1 aliphatic heterocycles. The van der Waals surface area contributed by atoms with E-state index in [1.54, 1.807) is 25.1 Å². The van der Waals surface area contributed by atoms with Crippen molar-refractivity contribution in [2.45, 2.75) is 23.5 Å². The number of hydrogen-bond donors (Lipinski definition) is 1. The summed E-state index contributed by atoms with van der Waals surface area (Å²) in [7, 11) is 0. The molecule has 0 bridgehead atoms. The van der Waals surface area contributed by atoms with E-state index in [1.165, 1.54) is 24.8 Å². The van der Waals surface area contributed by atoms with Gasteiger partial charge in [0.1, 0.15) is 5.76 Å². The minimum Gasteiger partial charge on any atom is -0.616 e. The van der Waals surface area contributed by atoms with Crippen LogP contribution in [0.5, 0.6) is 0 Å². The normalized spacial score (nSPS) is 21.5. The van der Waals surface area contributed by atoms with Crippen molar-refractivity contribution in [3.05, 3.63) is 59.0 Å². The van der Waals surface area contributed by atoms with E-state index in [-0.39, 0.29) is 23.0 Å². The largest absolute Gasteiger partial charge is 0.616 e. The molecule has 0 saturated carbocycles. The molecule has 150 valence electrons. The number of rotatable bonds is 8. The van der Waals surface area contributed by atoms with Crippen LogP contribution in [0.25, 0.3) is 0 Å². The average Bonchev–Trinajstić information content (AvgIpc) is 3.38. The number of aliphatic hydroxyl groups excluding tert-OH is 1. The van der Waals surface area contributed by atoms with Gasteiger partial charge < -0.3 is 28.0 Å². The van der Waals surface area contributed by atoms with Crippen molar-refractivity contribution >= 4 is 34.9 Å². The first-order chi connectivity index (χ1) is 13.4. The van der Waals surface area contributed by atoms with Gasteiger partial charge in [0.25, 0.3) is 5.60 Å². The van der Waals surface area contributed by atoms with Gasteiger partial charge in [0.15, 0.2) is 5.76 Å². The second-order valence-electron chi connectivity index (χ2n) is 5.79. The molecule has 0 amide bonds. The van der Waals surface area contributed by atoms with Crippen molar-refractivity contribution in [2.24, 2.45) is 0 Å². The van der Waals surface area contributed by atoms with Crippen molar-refractivity contribution in [1.29, 1.82) is 0 Å². The molecule has 2 aromatic heterocycles. The predicted molar refractivity (Wildman–Crippen MR) is 101 cm³/mol. The van der Waals surface area contributed by atoms with Gasteiger partial charge in [-0.15, -0.1) is 11.8 Å². The van der Waals surface area contributed by atoms with Gasteiger partial charge >= 0.3 is 11.9 Å². The molecule has 3 rings (SSSR count). The SMILES string of the molecule is CCOC(=O)C1(C(c2ccco2)[S+](C)[O-])OC(=O)C(O)=C1SCc1ccco1. The Labute approximate surface area is 168 Å². The van der Waals surface area contributed by atoms with Gasteiger partial charge in [-0.2, -0.15) is 0 Å². The second kappa shape index (κ2) is 8.38. The molecule has 8 nitrogen and oxygen atoms in total. The van der Waals surface area contributed by atoms with E-state index in [2.05, 4.69) is 0 Å². The summed E-state index contributed by atoms with van der Waals surface area (Å²) < 4.78 is 33.8. The topological polar surface area (TPSA) is 122 Å². The number of thioether (sulfide) groups is 1. The van der Waals surface area contributed by atoms with Crippen LogP contribution in [0.2, 0.25) is 0 Å². The fourth-order valence-corrected chi connectivity index (χ4v) is 5.31. The van der Waals surface area contributed by atoms with Crippen LogP contribution in [0.4, 0.5) is 0 Å². The van der Waals surface area contributed by atoms with Crippen LogP contribution < -0.4 is 0 Å². The third-order valence-corrected chi connectivity index (χ3v) is 6.46. The Morgan fingerprint density at radius 2 is 2.07 bits per heavy atom. The highest BCUT2D eigenvalue weighted by molar-refractivity contribution is 8.02. The fraction of sp³-hybridized carbons (Fsp3) is 0.333. The first-order valence-corrected chi connectivity index (χ1v) is 10.9. The van der Waals surface area contributed by atoms with Crippen LogP contribution in [-0.4, -0.2) is 40.1 Å². The Kier molecular flexibility index (Phi) is 6.11.